The molecule has 1 unspecified atom stereocenters. The van der Waals surface area contributed by atoms with Gasteiger partial charge >= 0.3 is 0 Å². The molecule has 0 radical (unpaired) electrons. The van der Waals surface area contributed by atoms with Crippen molar-refractivity contribution in [2.24, 2.45) is 0 Å². The van der Waals surface area contributed by atoms with Crippen LogP contribution in [0.1, 0.15) is 20.3 Å². The van der Waals surface area contributed by atoms with Crippen LogP contribution >= 0.6 is 0 Å². The Morgan fingerprint density at radius 1 is 1.38 bits per heavy atom. The smallest absolute Gasteiger partial charge is 0.252 e. The van der Waals surface area contributed by atoms with E-state index in [4.69, 9.17) is 0 Å². The molecule has 0 aliphatic carbocycles. The van der Waals surface area contributed by atoms with Gasteiger partial charge in [-0.3, -0.25) is 19.7 Å². The number of amides is 3. The van der Waals surface area contributed by atoms with Crippen LogP contribution in [0, 0.1) is 0 Å². The van der Waals surface area contributed by atoms with Crippen LogP contribution < -0.4 is 10.6 Å². The standard InChI is InChI=1S/C12H19N3O5S/c1-12(2)11(18)14-9(16)6-15(12)10(17)5-8-7-21(19,20)4-3-13-8/h8,13H,3-7H2,1-2H3,(H,14,16,18). The highest BCUT2D eigenvalue weighted by Crippen LogP contribution is 2.20. The van der Waals surface area contributed by atoms with E-state index in [0.717, 1.165) is 0 Å². The largest absolute Gasteiger partial charge is 0.319 e. The molecule has 1 atom stereocenters. The number of piperazine rings is 1. The first kappa shape index (κ1) is 15.9. The highest BCUT2D eigenvalue weighted by Gasteiger charge is 2.44. The second kappa shape index (κ2) is 5.38. The third-order valence-electron chi connectivity index (χ3n) is 3.81. The first-order chi connectivity index (χ1) is 9.62. The molecule has 2 N–H and O–H groups in total. The van der Waals surface area contributed by atoms with E-state index in [9.17, 15) is 22.8 Å². The Labute approximate surface area is 123 Å². The number of hydrogen-bond acceptors (Lipinski definition) is 6. The van der Waals surface area contributed by atoms with Crippen LogP contribution in [-0.4, -0.2) is 67.2 Å². The van der Waals surface area contributed by atoms with E-state index >= 15 is 0 Å². The molecular formula is C12H19N3O5S. The molecule has 9 heteroatoms. The van der Waals surface area contributed by atoms with Crippen molar-refractivity contribution in [3.8, 4) is 0 Å². The maximum absolute atomic E-state index is 12.3. The van der Waals surface area contributed by atoms with Gasteiger partial charge in [0, 0.05) is 19.0 Å². The van der Waals surface area contributed by atoms with Crippen molar-refractivity contribution < 1.29 is 22.8 Å². The lowest BCUT2D eigenvalue weighted by Gasteiger charge is -2.40. The number of nitrogens with zero attached hydrogens (tertiary/aromatic N) is 1. The topological polar surface area (TPSA) is 113 Å². The van der Waals surface area contributed by atoms with Crippen LogP contribution in [0.2, 0.25) is 0 Å². The maximum atomic E-state index is 12.3. The summed E-state index contributed by atoms with van der Waals surface area (Å²) in [5.41, 5.74) is -1.13. The first-order valence-electron chi connectivity index (χ1n) is 6.70. The minimum atomic E-state index is -3.14. The molecule has 0 aromatic carbocycles. The fourth-order valence-electron chi connectivity index (χ4n) is 2.50. The predicted octanol–water partition coefficient (Wildman–Crippen LogP) is -1.97. The van der Waals surface area contributed by atoms with E-state index < -0.39 is 39.1 Å². The van der Waals surface area contributed by atoms with Crippen molar-refractivity contribution in [3.05, 3.63) is 0 Å². The van der Waals surface area contributed by atoms with Crippen molar-refractivity contribution in [3.63, 3.8) is 0 Å². The fraction of sp³-hybridized carbons (Fsp3) is 0.750. The van der Waals surface area contributed by atoms with E-state index in [-0.39, 0.29) is 24.5 Å². The van der Waals surface area contributed by atoms with Gasteiger partial charge in [-0.2, -0.15) is 0 Å². The lowest BCUT2D eigenvalue weighted by Crippen LogP contribution is -2.66. The predicted molar refractivity (Wildman–Crippen MR) is 74.0 cm³/mol. The molecule has 0 aromatic heterocycles. The average Bonchev–Trinajstić information content (AvgIpc) is 2.32. The van der Waals surface area contributed by atoms with Crippen molar-refractivity contribution in [2.45, 2.75) is 31.8 Å². The second-order valence-electron chi connectivity index (χ2n) is 5.89. The molecule has 2 heterocycles. The average molecular weight is 317 g/mol. The van der Waals surface area contributed by atoms with Gasteiger partial charge in [0.05, 0.1) is 11.5 Å². The monoisotopic (exact) mass is 317 g/mol. The van der Waals surface area contributed by atoms with E-state index in [0.29, 0.717) is 6.54 Å². The lowest BCUT2D eigenvalue weighted by atomic mass is 9.97. The summed E-state index contributed by atoms with van der Waals surface area (Å²) < 4.78 is 23.1. The maximum Gasteiger partial charge on any atom is 0.252 e. The Kier molecular flexibility index (Phi) is 4.07. The van der Waals surface area contributed by atoms with Gasteiger partial charge in [-0.05, 0) is 13.8 Å². The number of hydrogen-bond donors (Lipinski definition) is 2. The first-order valence-corrected chi connectivity index (χ1v) is 8.52. The summed E-state index contributed by atoms with van der Waals surface area (Å²) in [5.74, 6) is -1.51. The zero-order valence-electron chi connectivity index (χ0n) is 12.0. The van der Waals surface area contributed by atoms with E-state index in [1.807, 2.05) is 0 Å². The highest BCUT2D eigenvalue weighted by atomic mass is 32.2. The van der Waals surface area contributed by atoms with E-state index in [2.05, 4.69) is 10.6 Å². The molecule has 2 aliphatic heterocycles. The lowest BCUT2D eigenvalue weighted by molar-refractivity contribution is -0.155. The number of imide groups is 1. The molecule has 2 rings (SSSR count). The number of nitrogens with one attached hydrogen (secondary N) is 2. The Morgan fingerprint density at radius 3 is 2.67 bits per heavy atom. The van der Waals surface area contributed by atoms with Crippen LogP contribution in [0.15, 0.2) is 0 Å². The molecule has 0 bridgehead atoms. The van der Waals surface area contributed by atoms with Crippen molar-refractivity contribution in [2.75, 3.05) is 24.6 Å². The Bertz CT molecular complexity index is 584. The van der Waals surface area contributed by atoms with Gasteiger partial charge in [0.2, 0.25) is 11.8 Å². The molecule has 0 spiro atoms. The third kappa shape index (κ3) is 3.41. The quantitative estimate of drug-likeness (QED) is 0.571. The molecule has 2 fully saturated rings. The van der Waals surface area contributed by atoms with Gasteiger partial charge in [-0.25, -0.2) is 8.42 Å². The number of sulfone groups is 1. The van der Waals surface area contributed by atoms with Gasteiger partial charge in [0.1, 0.15) is 12.1 Å². The highest BCUT2D eigenvalue weighted by molar-refractivity contribution is 7.91. The van der Waals surface area contributed by atoms with Gasteiger partial charge in [-0.15, -0.1) is 0 Å². The summed E-state index contributed by atoms with van der Waals surface area (Å²) in [4.78, 5) is 36.8. The summed E-state index contributed by atoms with van der Waals surface area (Å²) in [6.45, 7) is 3.22. The molecule has 2 saturated heterocycles. The molecule has 8 nitrogen and oxygen atoms in total. The molecule has 2 aliphatic rings. The number of carbonyl (C=O) groups is 3. The molecule has 118 valence electrons. The minimum absolute atomic E-state index is 0.0524. The van der Waals surface area contributed by atoms with Gasteiger partial charge < -0.3 is 10.2 Å². The zero-order chi connectivity index (χ0) is 15.8. The molecule has 21 heavy (non-hydrogen) atoms. The third-order valence-corrected chi connectivity index (χ3v) is 5.54. The van der Waals surface area contributed by atoms with Crippen LogP contribution in [0.3, 0.4) is 0 Å². The van der Waals surface area contributed by atoms with Crippen LogP contribution in [0.25, 0.3) is 0 Å². The van der Waals surface area contributed by atoms with Gasteiger partial charge in [-0.1, -0.05) is 0 Å². The van der Waals surface area contributed by atoms with Crippen molar-refractivity contribution in [1.29, 1.82) is 0 Å². The summed E-state index contributed by atoms with van der Waals surface area (Å²) in [6.07, 6.45) is -0.0524. The Morgan fingerprint density at radius 2 is 2.05 bits per heavy atom. The van der Waals surface area contributed by atoms with Crippen LogP contribution in [0.4, 0.5) is 0 Å². The van der Waals surface area contributed by atoms with Gasteiger partial charge in [0.25, 0.3) is 5.91 Å². The van der Waals surface area contributed by atoms with Crippen molar-refractivity contribution >= 4 is 27.6 Å². The molecule has 3 amide bonds. The molecule has 0 aromatic rings. The SMILES string of the molecule is CC1(C)C(=O)NC(=O)CN1C(=O)CC1CS(=O)(=O)CCN1. The second-order valence-corrected chi connectivity index (χ2v) is 8.11. The normalized spacial score (nSPS) is 28.1. The number of carbonyl (C=O) groups excluding carboxylic acids is 3. The zero-order valence-corrected chi connectivity index (χ0v) is 12.8. The van der Waals surface area contributed by atoms with E-state index in [1.54, 1.807) is 13.8 Å². The molecular weight excluding hydrogens is 298 g/mol. The summed E-state index contributed by atoms with van der Waals surface area (Å²) in [5, 5.41) is 5.17. The van der Waals surface area contributed by atoms with Crippen molar-refractivity contribution in [1.82, 2.24) is 15.5 Å². The Hall–Kier alpha value is -1.48. The summed E-state index contributed by atoms with van der Waals surface area (Å²) in [6, 6.07) is -0.480. The van der Waals surface area contributed by atoms with Gasteiger partial charge in [0.15, 0.2) is 9.84 Å². The minimum Gasteiger partial charge on any atom is -0.319 e. The summed E-state index contributed by atoms with van der Waals surface area (Å²) >= 11 is 0. The molecule has 0 saturated carbocycles. The number of rotatable bonds is 2. The van der Waals surface area contributed by atoms with E-state index in [1.165, 1.54) is 4.90 Å². The summed E-state index contributed by atoms with van der Waals surface area (Å²) in [7, 11) is -3.14. The van der Waals surface area contributed by atoms with Crippen LogP contribution in [0.5, 0.6) is 0 Å². The van der Waals surface area contributed by atoms with Crippen LogP contribution in [-0.2, 0) is 24.2 Å². The fourth-order valence-corrected chi connectivity index (χ4v) is 3.95. The Balaban J connectivity index is 2.08.